The van der Waals surface area contributed by atoms with Crippen molar-refractivity contribution in [2.45, 2.75) is 40.3 Å². The van der Waals surface area contributed by atoms with Crippen molar-refractivity contribution in [2.24, 2.45) is 0 Å². The van der Waals surface area contributed by atoms with Crippen LogP contribution in [0.25, 0.3) is 0 Å². The van der Waals surface area contributed by atoms with Crippen molar-refractivity contribution in [1.29, 1.82) is 0 Å². The van der Waals surface area contributed by atoms with Gasteiger partial charge in [-0.15, -0.1) is 0 Å². The Kier molecular flexibility index (Phi) is 5.91. The first-order valence-electron chi connectivity index (χ1n) is 9.25. The standard InChI is InChI=1S/C22H25N3O2/c1-4-17-9-11-20(12-10-17)27-15-18-7-6-8-19(13-18)22(26)24-21-14-23-25(5-2)16(21)3/h6-14H,4-5,15H2,1-3H3,(H,24,26). The topological polar surface area (TPSA) is 56.1 Å². The molecule has 0 aliphatic carbocycles. The van der Waals surface area contributed by atoms with E-state index < -0.39 is 0 Å². The number of hydrogen-bond donors (Lipinski definition) is 1. The van der Waals surface area contributed by atoms with Crippen molar-refractivity contribution in [3.63, 3.8) is 0 Å². The highest BCUT2D eigenvalue weighted by molar-refractivity contribution is 6.04. The molecule has 0 radical (unpaired) electrons. The van der Waals surface area contributed by atoms with Gasteiger partial charge in [-0.25, -0.2) is 0 Å². The Balaban J connectivity index is 1.65. The van der Waals surface area contributed by atoms with Gasteiger partial charge in [0.2, 0.25) is 0 Å². The first-order chi connectivity index (χ1) is 13.1. The minimum atomic E-state index is -0.150. The number of aryl methyl sites for hydroxylation is 2. The van der Waals surface area contributed by atoms with Gasteiger partial charge < -0.3 is 10.1 Å². The van der Waals surface area contributed by atoms with Gasteiger partial charge in [-0.3, -0.25) is 9.48 Å². The maximum Gasteiger partial charge on any atom is 0.255 e. The Bertz CT molecular complexity index is 914. The molecule has 0 fully saturated rings. The van der Waals surface area contributed by atoms with Gasteiger partial charge >= 0.3 is 0 Å². The Morgan fingerprint density at radius 2 is 1.89 bits per heavy atom. The number of amides is 1. The SMILES string of the molecule is CCc1ccc(OCc2cccc(C(=O)Nc3cnn(CC)c3C)c2)cc1. The van der Waals surface area contributed by atoms with Crippen molar-refractivity contribution < 1.29 is 9.53 Å². The summed E-state index contributed by atoms with van der Waals surface area (Å²) in [5.74, 6) is 0.674. The van der Waals surface area contributed by atoms with E-state index in [0.717, 1.165) is 35.7 Å². The normalized spacial score (nSPS) is 10.6. The third-order valence-electron chi connectivity index (χ3n) is 4.58. The summed E-state index contributed by atoms with van der Waals surface area (Å²) >= 11 is 0. The molecule has 0 unspecified atom stereocenters. The van der Waals surface area contributed by atoms with Crippen LogP contribution in [0.15, 0.2) is 54.7 Å². The van der Waals surface area contributed by atoms with Gasteiger partial charge in [0.05, 0.1) is 17.6 Å². The molecule has 1 N–H and O–H groups in total. The number of anilines is 1. The number of carbonyl (C=O) groups excluding carboxylic acids is 1. The summed E-state index contributed by atoms with van der Waals surface area (Å²) in [5.41, 5.74) is 4.51. The zero-order valence-electron chi connectivity index (χ0n) is 16.0. The Morgan fingerprint density at radius 3 is 2.56 bits per heavy atom. The average molecular weight is 363 g/mol. The molecule has 0 saturated carbocycles. The molecular weight excluding hydrogens is 338 g/mol. The van der Waals surface area contributed by atoms with Gasteiger partial charge in [0.1, 0.15) is 12.4 Å². The minimum Gasteiger partial charge on any atom is -0.489 e. The van der Waals surface area contributed by atoms with Crippen LogP contribution in [-0.2, 0) is 19.6 Å². The quantitative estimate of drug-likeness (QED) is 0.667. The van der Waals surface area contributed by atoms with E-state index in [0.29, 0.717) is 12.2 Å². The molecule has 3 rings (SSSR count). The molecule has 1 heterocycles. The number of rotatable bonds is 7. The van der Waals surface area contributed by atoms with Crippen molar-refractivity contribution >= 4 is 11.6 Å². The van der Waals surface area contributed by atoms with Crippen LogP contribution in [0, 0.1) is 6.92 Å². The molecule has 3 aromatic rings. The Morgan fingerprint density at radius 1 is 1.11 bits per heavy atom. The number of carbonyl (C=O) groups is 1. The molecule has 5 heteroatoms. The molecule has 140 valence electrons. The van der Waals surface area contributed by atoms with Gasteiger partial charge in [-0.05, 0) is 55.7 Å². The predicted octanol–water partition coefficient (Wildman–Crippen LogP) is 4.61. The molecular formula is C22H25N3O2. The molecule has 5 nitrogen and oxygen atoms in total. The highest BCUT2D eigenvalue weighted by atomic mass is 16.5. The average Bonchev–Trinajstić information content (AvgIpc) is 3.06. The van der Waals surface area contributed by atoms with E-state index in [9.17, 15) is 4.79 Å². The summed E-state index contributed by atoms with van der Waals surface area (Å²) in [6.07, 6.45) is 2.69. The van der Waals surface area contributed by atoms with Crippen molar-refractivity contribution in [2.75, 3.05) is 5.32 Å². The smallest absolute Gasteiger partial charge is 0.255 e. The first kappa shape index (κ1) is 18.7. The number of hydrogen-bond acceptors (Lipinski definition) is 3. The second-order valence-corrected chi connectivity index (χ2v) is 6.40. The van der Waals surface area contributed by atoms with Crippen LogP contribution >= 0.6 is 0 Å². The van der Waals surface area contributed by atoms with Gasteiger partial charge in [-0.2, -0.15) is 5.10 Å². The Hall–Kier alpha value is -3.08. The van der Waals surface area contributed by atoms with E-state index in [1.807, 2.05) is 48.9 Å². The Labute approximate surface area is 160 Å². The second-order valence-electron chi connectivity index (χ2n) is 6.40. The van der Waals surface area contributed by atoms with Crippen LogP contribution in [0.2, 0.25) is 0 Å². The van der Waals surface area contributed by atoms with Gasteiger partial charge in [0.15, 0.2) is 0 Å². The van der Waals surface area contributed by atoms with Gasteiger partial charge in [0.25, 0.3) is 5.91 Å². The number of benzene rings is 2. The van der Waals surface area contributed by atoms with E-state index in [-0.39, 0.29) is 5.91 Å². The molecule has 2 aromatic carbocycles. The van der Waals surface area contributed by atoms with E-state index in [4.69, 9.17) is 4.74 Å². The third-order valence-corrected chi connectivity index (χ3v) is 4.58. The monoisotopic (exact) mass is 363 g/mol. The maximum atomic E-state index is 12.6. The van der Waals surface area contributed by atoms with Crippen LogP contribution in [0.5, 0.6) is 5.75 Å². The molecule has 0 atom stereocenters. The zero-order chi connectivity index (χ0) is 19.2. The van der Waals surface area contributed by atoms with Crippen LogP contribution in [-0.4, -0.2) is 15.7 Å². The second kappa shape index (κ2) is 8.54. The molecule has 27 heavy (non-hydrogen) atoms. The largest absolute Gasteiger partial charge is 0.489 e. The van der Waals surface area contributed by atoms with Gasteiger partial charge in [-0.1, -0.05) is 31.2 Å². The van der Waals surface area contributed by atoms with Crippen LogP contribution in [0.1, 0.15) is 41.0 Å². The molecule has 0 saturated heterocycles. The summed E-state index contributed by atoms with van der Waals surface area (Å²) in [6, 6.07) is 15.6. The summed E-state index contributed by atoms with van der Waals surface area (Å²) in [5, 5.41) is 7.19. The summed E-state index contributed by atoms with van der Waals surface area (Å²) in [4.78, 5) is 12.6. The van der Waals surface area contributed by atoms with E-state index in [1.54, 1.807) is 12.3 Å². The van der Waals surface area contributed by atoms with Crippen LogP contribution in [0.4, 0.5) is 5.69 Å². The van der Waals surface area contributed by atoms with Crippen molar-refractivity contribution in [3.8, 4) is 5.75 Å². The fourth-order valence-electron chi connectivity index (χ4n) is 2.87. The van der Waals surface area contributed by atoms with E-state index in [1.165, 1.54) is 5.56 Å². The van der Waals surface area contributed by atoms with Gasteiger partial charge in [0, 0.05) is 12.1 Å². The van der Waals surface area contributed by atoms with E-state index in [2.05, 4.69) is 29.5 Å². The highest BCUT2D eigenvalue weighted by Crippen LogP contribution is 2.17. The minimum absolute atomic E-state index is 0.150. The maximum absolute atomic E-state index is 12.6. The fourth-order valence-corrected chi connectivity index (χ4v) is 2.87. The zero-order valence-corrected chi connectivity index (χ0v) is 16.0. The number of aromatic nitrogens is 2. The molecule has 1 amide bonds. The third kappa shape index (κ3) is 4.56. The first-order valence-corrected chi connectivity index (χ1v) is 9.25. The highest BCUT2D eigenvalue weighted by Gasteiger charge is 2.11. The summed E-state index contributed by atoms with van der Waals surface area (Å²) in [6.45, 7) is 7.28. The van der Waals surface area contributed by atoms with Crippen LogP contribution < -0.4 is 10.1 Å². The molecule has 1 aromatic heterocycles. The molecule has 0 spiro atoms. The molecule has 0 aliphatic rings. The molecule has 0 bridgehead atoms. The lowest BCUT2D eigenvalue weighted by atomic mass is 10.1. The summed E-state index contributed by atoms with van der Waals surface area (Å²) < 4.78 is 7.69. The lowest BCUT2D eigenvalue weighted by Crippen LogP contribution is -2.13. The number of ether oxygens (including phenoxy) is 1. The fraction of sp³-hybridized carbons (Fsp3) is 0.273. The van der Waals surface area contributed by atoms with Crippen molar-refractivity contribution in [3.05, 3.63) is 77.1 Å². The van der Waals surface area contributed by atoms with Crippen molar-refractivity contribution in [1.82, 2.24) is 9.78 Å². The lowest BCUT2D eigenvalue weighted by Gasteiger charge is -2.09. The summed E-state index contributed by atoms with van der Waals surface area (Å²) in [7, 11) is 0. The molecule has 0 aliphatic heterocycles. The van der Waals surface area contributed by atoms with E-state index >= 15 is 0 Å². The van der Waals surface area contributed by atoms with Crippen LogP contribution in [0.3, 0.4) is 0 Å². The predicted molar refractivity (Wildman–Crippen MR) is 107 cm³/mol. The lowest BCUT2D eigenvalue weighted by molar-refractivity contribution is 0.102. The number of nitrogens with one attached hydrogen (secondary N) is 1. The number of nitrogens with zero attached hydrogens (tertiary/aromatic N) is 2.